The fourth-order valence-electron chi connectivity index (χ4n) is 1.63. The molecule has 5 heteroatoms. The molecule has 0 aromatic rings. The van der Waals surface area contributed by atoms with Gasteiger partial charge in [-0.25, -0.2) is 0 Å². The Kier molecular flexibility index (Phi) is 8.08. The zero-order valence-corrected chi connectivity index (χ0v) is 12.1. The van der Waals surface area contributed by atoms with Crippen LogP contribution in [0.4, 0.5) is 0 Å². The number of hydrogen-bond donors (Lipinski definition) is 2. The van der Waals surface area contributed by atoms with Gasteiger partial charge in [0.05, 0.1) is 11.5 Å². The number of nitrogens with two attached hydrogens (primary N) is 1. The second-order valence-corrected chi connectivity index (χ2v) is 5.05. The molecule has 1 atom stereocenters. The van der Waals surface area contributed by atoms with Crippen molar-refractivity contribution in [2.45, 2.75) is 39.7 Å². The minimum atomic E-state index is 0.0661. The van der Waals surface area contributed by atoms with Crippen LogP contribution in [-0.2, 0) is 4.79 Å². The maximum Gasteiger partial charge on any atom is 0.234 e. The Hall–Kier alpha value is -0.680. The molecule has 0 bridgehead atoms. The van der Waals surface area contributed by atoms with Gasteiger partial charge in [-0.15, -0.1) is 0 Å². The quantitative estimate of drug-likeness (QED) is 0.642. The normalized spacial score (nSPS) is 12.8. The third kappa shape index (κ3) is 7.28. The molecule has 0 spiro atoms. The van der Waals surface area contributed by atoms with E-state index in [0.29, 0.717) is 18.1 Å². The van der Waals surface area contributed by atoms with Crippen molar-refractivity contribution in [1.82, 2.24) is 10.2 Å². The molecule has 1 unspecified atom stereocenters. The Morgan fingerprint density at radius 2 is 1.94 bits per heavy atom. The highest BCUT2D eigenvalue weighted by atomic mass is 32.1. The van der Waals surface area contributed by atoms with Crippen molar-refractivity contribution in [2.24, 2.45) is 11.7 Å². The smallest absolute Gasteiger partial charge is 0.234 e. The number of carbonyl (C=O) groups is 1. The van der Waals surface area contributed by atoms with Crippen molar-refractivity contribution in [2.75, 3.05) is 20.1 Å². The molecule has 3 N–H and O–H groups in total. The summed E-state index contributed by atoms with van der Waals surface area (Å²) in [6.07, 6.45) is 1.94. The largest absolute Gasteiger partial charge is 0.393 e. The van der Waals surface area contributed by atoms with Gasteiger partial charge in [-0.2, -0.15) is 0 Å². The van der Waals surface area contributed by atoms with Crippen LogP contribution in [-0.4, -0.2) is 42.0 Å². The van der Waals surface area contributed by atoms with Gasteiger partial charge in [0.25, 0.3) is 0 Å². The van der Waals surface area contributed by atoms with Crippen LogP contribution >= 0.6 is 12.2 Å². The first-order chi connectivity index (χ1) is 7.90. The number of carbonyl (C=O) groups excluding carboxylic acids is 1. The monoisotopic (exact) mass is 259 g/mol. The lowest BCUT2D eigenvalue weighted by Crippen LogP contribution is -2.42. The highest BCUT2D eigenvalue weighted by Gasteiger charge is 2.13. The van der Waals surface area contributed by atoms with Crippen LogP contribution < -0.4 is 11.1 Å². The van der Waals surface area contributed by atoms with Crippen LogP contribution in [0.25, 0.3) is 0 Å². The van der Waals surface area contributed by atoms with Gasteiger partial charge in [0, 0.05) is 18.5 Å². The van der Waals surface area contributed by atoms with E-state index in [0.717, 1.165) is 12.8 Å². The maximum atomic E-state index is 11.7. The standard InChI is InChI=1S/C12H25N3OS/c1-5-10(6-2)14-11(16)8-15(4)7-9(3)12(13)17/h9-10H,5-8H2,1-4H3,(H2,13,17)(H,14,16). The molecule has 0 aliphatic rings. The van der Waals surface area contributed by atoms with Crippen molar-refractivity contribution >= 4 is 23.1 Å². The number of thiocarbonyl (C=S) groups is 1. The minimum Gasteiger partial charge on any atom is -0.393 e. The fraction of sp³-hybridized carbons (Fsp3) is 0.833. The van der Waals surface area contributed by atoms with Gasteiger partial charge in [0.1, 0.15) is 0 Å². The summed E-state index contributed by atoms with van der Waals surface area (Å²) in [7, 11) is 1.90. The molecule has 100 valence electrons. The van der Waals surface area contributed by atoms with E-state index in [-0.39, 0.29) is 17.9 Å². The molecule has 17 heavy (non-hydrogen) atoms. The van der Waals surface area contributed by atoms with Crippen LogP contribution in [0.3, 0.4) is 0 Å². The highest BCUT2D eigenvalue weighted by molar-refractivity contribution is 7.80. The molecular formula is C12H25N3OS. The Bertz CT molecular complexity index is 254. The molecular weight excluding hydrogens is 234 g/mol. The summed E-state index contributed by atoms with van der Waals surface area (Å²) in [6.45, 7) is 7.23. The average molecular weight is 259 g/mol. The molecule has 0 aliphatic carbocycles. The SMILES string of the molecule is CCC(CC)NC(=O)CN(C)CC(C)C(N)=S. The first-order valence-electron chi connectivity index (χ1n) is 6.17. The molecule has 0 fully saturated rings. The van der Waals surface area contributed by atoms with E-state index in [2.05, 4.69) is 19.2 Å². The molecule has 0 saturated heterocycles. The van der Waals surface area contributed by atoms with E-state index in [9.17, 15) is 4.79 Å². The number of nitrogens with one attached hydrogen (secondary N) is 1. The third-order valence-corrected chi connectivity index (χ3v) is 3.24. The first kappa shape index (κ1) is 16.3. The number of rotatable bonds is 8. The third-order valence-electron chi connectivity index (χ3n) is 2.84. The molecule has 0 aromatic carbocycles. The van der Waals surface area contributed by atoms with Crippen molar-refractivity contribution in [3.8, 4) is 0 Å². The topological polar surface area (TPSA) is 58.4 Å². The summed E-state index contributed by atoms with van der Waals surface area (Å²) in [6, 6.07) is 0.281. The Morgan fingerprint density at radius 3 is 2.35 bits per heavy atom. The van der Waals surface area contributed by atoms with E-state index in [4.69, 9.17) is 18.0 Å². The van der Waals surface area contributed by atoms with E-state index in [1.54, 1.807) is 0 Å². The van der Waals surface area contributed by atoms with E-state index >= 15 is 0 Å². The summed E-state index contributed by atoms with van der Waals surface area (Å²) >= 11 is 4.91. The zero-order chi connectivity index (χ0) is 13.4. The van der Waals surface area contributed by atoms with Gasteiger partial charge < -0.3 is 11.1 Å². The van der Waals surface area contributed by atoms with Crippen molar-refractivity contribution in [1.29, 1.82) is 0 Å². The van der Waals surface area contributed by atoms with Gasteiger partial charge in [0.2, 0.25) is 5.91 Å². The minimum absolute atomic E-state index is 0.0661. The van der Waals surface area contributed by atoms with Gasteiger partial charge >= 0.3 is 0 Å². The fourth-order valence-corrected chi connectivity index (χ4v) is 1.71. The van der Waals surface area contributed by atoms with E-state index in [1.165, 1.54) is 0 Å². The molecule has 0 heterocycles. The molecule has 4 nitrogen and oxygen atoms in total. The molecule has 0 aliphatic heterocycles. The van der Waals surface area contributed by atoms with Crippen molar-refractivity contribution < 1.29 is 4.79 Å². The number of likely N-dealkylation sites (N-methyl/N-ethyl adjacent to an activating group) is 1. The lowest BCUT2D eigenvalue weighted by molar-refractivity contribution is -0.122. The van der Waals surface area contributed by atoms with Crippen molar-refractivity contribution in [3.05, 3.63) is 0 Å². The number of amides is 1. The highest BCUT2D eigenvalue weighted by Crippen LogP contribution is 1.99. The van der Waals surface area contributed by atoms with Gasteiger partial charge in [-0.05, 0) is 19.9 Å². The zero-order valence-electron chi connectivity index (χ0n) is 11.3. The summed E-state index contributed by atoms with van der Waals surface area (Å²) in [5, 5.41) is 3.01. The van der Waals surface area contributed by atoms with Crippen LogP contribution in [0.1, 0.15) is 33.6 Å². The number of nitrogens with zero attached hydrogens (tertiary/aromatic N) is 1. The lowest BCUT2D eigenvalue weighted by atomic mass is 10.1. The predicted octanol–water partition coefficient (Wildman–Crippen LogP) is 1.15. The molecule has 0 aromatic heterocycles. The van der Waals surface area contributed by atoms with Crippen LogP contribution in [0.2, 0.25) is 0 Å². The predicted molar refractivity (Wildman–Crippen MR) is 76.0 cm³/mol. The molecule has 0 radical (unpaired) electrons. The Morgan fingerprint density at radius 1 is 1.41 bits per heavy atom. The molecule has 1 amide bonds. The van der Waals surface area contributed by atoms with Gasteiger partial charge in [-0.1, -0.05) is 33.0 Å². The maximum absolute atomic E-state index is 11.7. The average Bonchev–Trinajstić information content (AvgIpc) is 2.25. The van der Waals surface area contributed by atoms with Gasteiger partial charge in [0.15, 0.2) is 0 Å². The summed E-state index contributed by atoms with van der Waals surface area (Å²) in [4.78, 5) is 14.2. The van der Waals surface area contributed by atoms with Crippen LogP contribution in [0, 0.1) is 5.92 Å². The second kappa shape index (κ2) is 8.42. The lowest BCUT2D eigenvalue weighted by Gasteiger charge is -2.22. The summed E-state index contributed by atoms with van der Waals surface area (Å²) in [5.41, 5.74) is 5.54. The van der Waals surface area contributed by atoms with Gasteiger partial charge in [-0.3, -0.25) is 9.69 Å². The Labute approximate surface area is 110 Å². The van der Waals surface area contributed by atoms with E-state index in [1.807, 2.05) is 18.9 Å². The molecule has 0 saturated carbocycles. The molecule has 0 rings (SSSR count). The summed E-state index contributed by atoms with van der Waals surface area (Å²) in [5.74, 6) is 0.201. The summed E-state index contributed by atoms with van der Waals surface area (Å²) < 4.78 is 0. The number of hydrogen-bond acceptors (Lipinski definition) is 3. The van der Waals surface area contributed by atoms with Crippen LogP contribution in [0.5, 0.6) is 0 Å². The second-order valence-electron chi connectivity index (χ2n) is 4.58. The van der Waals surface area contributed by atoms with Crippen molar-refractivity contribution in [3.63, 3.8) is 0 Å². The van der Waals surface area contributed by atoms with E-state index < -0.39 is 0 Å². The first-order valence-corrected chi connectivity index (χ1v) is 6.58. The Balaban J connectivity index is 3.99. The van der Waals surface area contributed by atoms with Crippen LogP contribution in [0.15, 0.2) is 0 Å².